The molecule has 102 valence electrons. The third-order valence-electron chi connectivity index (χ3n) is 2.28. The van der Waals surface area contributed by atoms with E-state index in [2.05, 4.69) is 4.98 Å². The third-order valence-corrected chi connectivity index (χ3v) is 3.42. The van der Waals surface area contributed by atoms with Crippen molar-refractivity contribution in [1.29, 1.82) is 0 Å². The molecule has 0 saturated carbocycles. The molecule has 0 aliphatic rings. The monoisotopic (exact) mass is 307 g/mol. The Morgan fingerprint density at radius 3 is 2.47 bits per heavy atom. The number of rotatable bonds is 4. The maximum Gasteiger partial charge on any atom is 0.434 e. The summed E-state index contributed by atoms with van der Waals surface area (Å²) in [7, 11) is 0. The Bertz CT molecular complexity index is 542. The van der Waals surface area contributed by atoms with Crippen molar-refractivity contribution in [3.05, 3.63) is 50.9 Å². The van der Waals surface area contributed by atoms with Gasteiger partial charge in [-0.2, -0.15) is 13.2 Å². The number of ether oxygens (including phenoxy) is 1. The van der Waals surface area contributed by atoms with Gasteiger partial charge in [0.1, 0.15) is 0 Å². The topological polar surface area (TPSA) is 22.1 Å². The standard InChI is InChI=1S/C12H9ClF3NOS/c13-11-17-10(12(14,15)16)9(19-11)7-18-6-8-4-2-1-3-5-8/h1-5H,6-7H2. The van der Waals surface area contributed by atoms with Crippen LogP contribution in [0.2, 0.25) is 4.47 Å². The van der Waals surface area contributed by atoms with Gasteiger partial charge in [-0.05, 0) is 5.56 Å². The summed E-state index contributed by atoms with van der Waals surface area (Å²) in [6.45, 7) is 0.0851. The maximum atomic E-state index is 12.6. The molecule has 2 nitrogen and oxygen atoms in total. The van der Waals surface area contributed by atoms with Gasteiger partial charge in [-0.3, -0.25) is 0 Å². The van der Waals surface area contributed by atoms with Crippen molar-refractivity contribution in [2.45, 2.75) is 19.4 Å². The Hall–Kier alpha value is -1.11. The van der Waals surface area contributed by atoms with Crippen LogP contribution < -0.4 is 0 Å². The summed E-state index contributed by atoms with van der Waals surface area (Å²) in [6, 6.07) is 9.20. The Balaban J connectivity index is 2.00. The van der Waals surface area contributed by atoms with Crippen molar-refractivity contribution >= 4 is 22.9 Å². The van der Waals surface area contributed by atoms with Gasteiger partial charge in [0.15, 0.2) is 10.2 Å². The molecule has 0 bridgehead atoms. The first kappa shape index (κ1) is 14.3. The van der Waals surface area contributed by atoms with E-state index in [0.717, 1.165) is 16.9 Å². The lowest BCUT2D eigenvalue weighted by atomic mass is 10.2. The summed E-state index contributed by atoms with van der Waals surface area (Å²) in [4.78, 5) is 3.28. The van der Waals surface area contributed by atoms with Gasteiger partial charge in [0.2, 0.25) is 0 Å². The summed E-state index contributed by atoms with van der Waals surface area (Å²) < 4.78 is 43.1. The number of benzene rings is 1. The minimum atomic E-state index is -4.50. The Labute approximate surface area is 116 Å². The molecule has 1 aromatic carbocycles. The van der Waals surface area contributed by atoms with E-state index in [1.807, 2.05) is 30.3 Å². The smallest absolute Gasteiger partial charge is 0.371 e. The second-order valence-electron chi connectivity index (χ2n) is 3.71. The molecule has 1 heterocycles. The number of hydrogen-bond acceptors (Lipinski definition) is 3. The molecule has 0 saturated heterocycles. The van der Waals surface area contributed by atoms with Crippen LogP contribution in [0.15, 0.2) is 30.3 Å². The zero-order chi connectivity index (χ0) is 13.9. The van der Waals surface area contributed by atoms with Gasteiger partial charge in [0.05, 0.1) is 18.1 Å². The van der Waals surface area contributed by atoms with Crippen LogP contribution >= 0.6 is 22.9 Å². The molecule has 0 spiro atoms. The highest BCUT2D eigenvalue weighted by atomic mass is 35.5. The van der Waals surface area contributed by atoms with Crippen LogP contribution in [0, 0.1) is 0 Å². The van der Waals surface area contributed by atoms with Crippen LogP contribution in [0.5, 0.6) is 0 Å². The lowest BCUT2D eigenvalue weighted by molar-refractivity contribution is -0.142. The number of hydrogen-bond donors (Lipinski definition) is 0. The van der Waals surface area contributed by atoms with E-state index < -0.39 is 11.9 Å². The van der Waals surface area contributed by atoms with Crippen molar-refractivity contribution in [2.75, 3.05) is 0 Å². The fraction of sp³-hybridized carbons (Fsp3) is 0.250. The molecule has 0 aliphatic heterocycles. The van der Waals surface area contributed by atoms with Gasteiger partial charge in [-0.1, -0.05) is 41.9 Å². The first-order chi connectivity index (χ1) is 8.97. The normalized spacial score (nSPS) is 11.8. The largest absolute Gasteiger partial charge is 0.434 e. The van der Waals surface area contributed by atoms with Crippen LogP contribution in [0.25, 0.3) is 0 Å². The molecule has 19 heavy (non-hydrogen) atoms. The molecule has 0 aliphatic carbocycles. The van der Waals surface area contributed by atoms with Gasteiger partial charge in [-0.15, -0.1) is 11.3 Å². The first-order valence-corrected chi connectivity index (χ1v) is 6.50. The number of aromatic nitrogens is 1. The molecular formula is C12H9ClF3NOS. The van der Waals surface area contributed by atoms with E-state index in [-0.39, 0.29) is 22.6 Å². The number of alkyl halides is 3. The van der Waals surface area contributed by atoms with E-state index in [4.69, 9.17) is 16.3 Å². The summed E-state index contributed by atoms with van der Waals surface area (Å²) >= 11 is 6.31. The van der Waals surface area contributed by atoms with E-state index in [1.165, 1.54) is 0 Å². The Morgan fingerprint density at radius 2 is 1.84 bits per heavy atom. The summed E-state index contributed by atoms with van der Waals surface area (Å²) in [5.41, 5.74) is -0.0674. The highest BCUT2D eigenvalue weighted by Gasteiger charge is 2.37. The van der Waals surface area contributed by atoms with Gasteiger partial charge >= 0.3 is 6.18 Å². The van der Waals surface area contributed by atoms with Gasteiger partial charge in [-0.25, -0.2) is 4.98 Å². The van der Waals surface area contributed by atoms with Crippen molar-refractivity contribution in [3.63, 3.8) is 0 Å². The first-order valence-electron chi connectivity index (χ1n) is 5.31. The second-order valence-corrected chi connectivity index (χ2v) is 5.38. The zero-order valence-corrected chi connectivity index (χ0v) is 11.1. The van der Waals surface area contributed by atoms with Crippen molar-refractivity contribution in [3.8, 4) is 0 Å². The van der Waals surface area contributed by atoms with Gasteiger partial charge in [0, 0.05) is 0 Å². The Kier molecular flexibility index (Phi) is 4.44. The number of halogens is 4. The maximum absolute atomic E-state index is 12.6. The van der Waals surface area contributed by atoms with Crippen molar-refractivity contribution in [2.24, 2.45) is 0 Å². The van der Waals surface area contributed by atoms with E-state index in [0.29, 0.717) is 0 Å². The summed E-state index contributed by atoms with van der Waals surface area (Å²) in [5, 5.41) is 0. The molecule has 0 fully saturated rings. The predicted octanol–water partition coefficient (Wildman–Crippen LogP) is 4.53. The lowest BCUT2D eigenvalue weighted by Gasteiger charge is -2.07. The number of nitrogens with zero attached hydrogens (tertiary/aromatic N) is 1. The van der Waals surface area contributed by atoms with Crippen LogP contribution in [0.1, 0.15) is 16.1 Å². The molecular weight excluding hydrogens is 299 g/mol. The summed E-state index contributed by atoms with van der Waals surface area (Å²) in [6.07, 6.45) is -4.50. The molecule has 0 unspecified atom stereocenters. The predicted molar refractivity (Wildman–Crippen MR) is 67.1 cm³/mol. The third kappa shape index (κ3) is 3.92. The molecule has 0 atom stereocenters. The quantitative estimate of drug-likeness (QED) is 0.828. The van der Waals surface area contributed by atoms with Crippen molar-refractivity contribution < 1.29 is 17.9 Å². The highest BCUT2D eigenvalue weighted by molar-refractivity contribution is 7.15. The van der Waals surface area contributed by atoms with Crippen LogP contribution in [0.4, 0.5) is 13.2 Å². The van der Waals surface area contributed by atoms with E-state index in [1.54, 1.807) is 0 Å². The molecule has 2 rings (SSSR count). The average molecular weight is 308 g/mol. The molecule has 1 aromatic heterocycles. The molecule has 0 radical (unpaired) electrons. The van der Waals surface area contributed by atoms with Crippen molar-refractivity contribution in [1.82, 2.24) is 4.98 Å². The zero-order valence-electron chi connectivity index (χ0n) is 9.58. The second kappa shape index (κ2) is 5.90. The fourth-order valence-electron chi connectivity index (χ4n) is 1.48. The van der Waals surface area contributed by atoms with Gasteiger partial charge < -0.3 is 4.74 Å². The molecule has 0 N–H and O–H groups in total. The highest BCUT2D eigenvalue weighted by Crippen LogP contribution is 2.36. The van der Waals surface area contributed by atoms with Crippen LogP contribution in [0.3, 0.4) is 0 Å². The average Bonchev–Trinajstić information content (AvgIpc) is 2.72. The SMILES string of the molecule is FC(F)(F)c1nc(Cl)sc1COCc1ccccc1. The molecule has 7 heteroatoms. The molecule has 0 amide bonds. The molecule has 2 aromatic rings. The fourth-order valence-corrected chi connectivity index (χ4v) is 2.58. The van der Waals surface area contributed by atoms with Crippen LogP contribution in [-0.4, -0.2) is 4.98 Å². The minimum Gasteiger partial charge on any atom is -0.371 e. The van der Waals surface area contributed by atoms with Gasteiger partial charge in [0.25, 0.3) is 0 Å². The minimum absolute atomic E-state index is 0.00608. The Morgan fingerprint density at radius 1 is 1.16 bits per heavy atom. The van der Waals surface area contributed by atoms with Crippen LogP contribution in [-0.2, 0) is 24.1 Å². The summed E-state index contributed by atoms with van der Waals surface area (Å²) in [5.74, 6) is 0. The van der Waals surface area contributed by atoms with E-state index >= 15 is 0 Å². The van der Waals surface area contributed by atoms with E-state index in [9.17, 15) is 13.2 Å². The number of thiazole rings is 1. The lowest BCUT2D eigenvalue weighted by Crippen LogP contribution is -2.09.